The molecule has 5 rings (SSSR count). The summed E-state index contributed by atoms with van der Waals surface area (Å²) in [4.78, 5) is 14.7. The van der Waals surface area contributed by atoms with Gasteiger partial charge in [-0.05, 0) is 47.1 Å². The maximum atomic E-state index is 12.8. The monoisotopic (exact) mass is 395 g/mol. The van der Waals surface area contributed by atoms with E-state index >= 15 is 0 Å². The molecule has 3 heteroatoms. The van der Waals surface area contributed by atoms with Crippen molar-refractivity contribution in [3.63, 3.8) is 0 Å². The van der Waals surface area contributed by atoms with E-state index < -0.39 is 0 Å². The van der Waals surface area contributed by atoms with Crippen molar-refractivity contribution < 1.29 is 9.53 Å². The molecule has 3 aromatic rings. The van der Waals surface area contributed by atoms with Gasteiger partial charge in [0.15, 0.2) is 0 Å². The average Bonchev–Trinajstić information content (AvgIpc) is 3.08. The second kappa shape index (κ2) is 8.19. The normalized spacial score (nSPS) is 20.0. The van der Waals surface area contributed by atoms with E-state index in [-0.39, 0.29) is 18.2 Å². The first-order valence-electron chi connectivity index (χ1n) is 10.6. The molecule has 150 valence electrons. The van der Waals surface area contributed by atoms with Crippen LogP contribution in [-0.2, 0) is 11.3 Å². The third-order valence-corrected chi connectivity index (χ3v) is 6.17. The van der Waals surface area contributed by atoms with Crippen LogP contribution in [0.4, 0.5) is 4.79 Å². The summed E-state index contributed by atoms with van der Waals surface area (Å²) < 4.78 is 5.61. The summed E-state index contributed by atoms with van der Waals surface area (Å²) in [6, 6.07) is 29.4. The van der Waals surface area contributed by atoms with Crippen LogP contribution in [0.15, 0.2) is 91.0 Å². The summed E-state index contributed by atoms with van der Waals surface area (Å²) in [7, 11) is 0. The van der Waals surface area contributed by atoms with E-state index in [9.17, 15) is 4.79 Å². The number of nitrogens with zero attached hydrogens (tertiary/aromatic N) is 1. The quantitative estimate of drug-likeness (QED) is 0.518. The molecule has 0 spiro atoms. The van der Waals surface area contributed by atoms with Gasteiger partial charge in [-0.25, -0.2) is 4.79 Å². The maximum Gasteiger partial charge on any atom is 0.410 e. The first-order chi connectivity index (χ1) is 14.8. The summed E-state index contributed by atoms with van der Waals surface area (Å²) in [5.74, 6) is 0. The molecule has 1 saturated heterocycles. The Hall–Kier alpha value is -3.33. The first-order valence-corrected chi connectivity index (χ1v) is 10.6. The van der Waals surface area contributed by atoms with Gasteiger partial charge in [-0.2, -0.15) is 0 Å². The first kappa shape index (κ1) is 18.7. The molecule has 2 unspecified atom stereocenters. The topological polar surface area (TPSA) is 29.5 Å². The van der Waals surface area contributed by atoms with Crippen molar-refractivity contribution in [1.29, 1.82) is 0 Å². The highest BCUT2D eigenvalue weighted by molar-refractivity contribution is 5.76. The minimum absolute atomic E-state index is 0.135. The Balaban J connectivity index is 1.28. The highest BCUT2D eigenvalue weighted by Crippen LogP contribution is 2.39. The second-order valence-electron chi connectivity index (χ2n) is 8.09. The Kier molecular flexibility index (Phi) is 5.10. The lowest BCUT2D eigenvalue weighted by Crippen LogP contribution is -2.43. The van der Waals surface area contributed by atoms with Crippen molar-refractivity contribution in [2.75, 3.05) is 0 Å². The SMILES string of the molecule is O=C(OCc1ccccc1)N1C2C=C(c3ccc(-c4ccccc4)cc3)CC1CC2. The van der Waals surface area contributed by atoms with Gasteiger partial charge < -0.3 is 4.74 Å². The number of hydrogen-bond acceptors (Lipinski definition) is 2. The molecule has 1 amide bonds. The summed E-state index contributed by atoms with van der Waals surface area (Å²) in [6.07, 6.45) is 5.01. The lowest BCUT2D eigenvalue weighted by molar-refractivity contribution is 0.0832. The minimum Gasteiger partial charge on any atom is -0.445 e. The number of hydrogen-bond donors (Lipinski definition) is 0. The van der Waals surface area contributed by atoms with E-state index in [2.05, 4.69) is 54.6 Å². The minimum atomic E-state index is -0.193. The van der Waals surface area contributed by atoms with E-state index in [1.54, 1.807) is 0 Å². The predicted molar refractivity (Wildman–Crippen MR) is 120 cm³/mol. The summed E-state index contributed by atoms with van der Waals surface area (Å²) >= 11 is 0. The van der Waals surface area contributed by atoms with E-state index in [1.165, 1.54) is 22.3 Å². The number of benzene rings is 3. The molecule has 2 atom stereocenters. The molecular formula is C27H25NO2. The van der Waals surface area contributed by atoms with Crippen molar-refractivity contribution >= 4 is 11.7 Å². The lowest BCUT2D eigenvalue weighted by Gasteiger charge is -2.33. The van der Waals surface area contributed by atoms with Gasteiger partial charge in [-0.3, -0.25) is 4.90 Å². The van der Waals surface area contributed by atoms with Gasteiger partial charge in [0.2, 0.25) is 0 Å². The molecule has 0 radical (unpaired) electrons. The zero-order chi connectivity index (χ0) is 20.3. The van der Waals surface area contributed by atoms with Crippen molar-refractivity contribution in [3.05, 3.63) is 102 Å². The van der Waals surface area contributed by atoms with Gasteiger partial charge in [0.25, 0.3) is 0 Å². The number of rotatable bonds is 4. The lowest BCUT2D eigenvalue weighted by atomic mass is 9.93. The third kappa shape index (κ3) is 3.76. The molecule has 3 aromatic carbocycles. The van der Waals surface area contributed by atoms with E-state index in [1.807, 2.05) is 41.3 Å². The Morgan fingerprint density at radius 2 is 1.43 bits per heavy atom. The van der Waals surface area contributed by atoms with Crippen LogP contribution in [0.3, 0.4) is 0 Å². The smallest absolute Gasteiger partial charge is 0.410 e. The van der Waals surface area contributed by atoms with Gasteiger partial charge in [0.1, 0.15) is 6.61 Å². The molecule has 30 heavy (non-hydrogen) atoms. The molecule has 1 fully saturated rings. The predicted octanol–water partition coefficient (Wildman–Crippen LogP) is 6.31. The molecule has 2 aliphatic rings. The standard InChI is InChI=1S/C27H25NO2/c29-27(30-19-20-7-3-1-4-8-20)28-25-15-16-26(28)18-24(17-25)23-13-11-22(12-14-23)21-9-5-2-6-10-21/h1-14,17,25-26H,15-16,18-19H2. The molecule has 2 aliphatic heterocycles. The van der Waals surface area contributed by atoms with Gasteiger partial charge in [-0.15, -0.1) is 0 Å². The van der Waals surface area contributed by atoms with Crippen LogP contribution in [0.1, 0.15) is 30.4 Å². The van der Waals surface area contributed by atoms with Gasteiger partial charge in [0, 0.05) is 6.04 Å². The summed E-state index contributed by atoms with van der Waals surface area (Å²) in [6.45, 7) is 0.327. The Labute approximate surface area is 177 Å². The number of carbonyl (C=O) groups is 1. The molecule has 2 heterocycles. The van der Waals surface area contributed by atoms with Crippen molar-refractivity contribution in [1.82, 2.24) is 4.90 Å². The fraction of sp³-hybridized carbons (Fsp3) is 0.222. The van der Waals surface area contributed by atoms with Crippen molar-refractivity contribution in [2.24, 2.45) is 0 Å². The van der Waals surface area contributed by atoms with Gasteiger partial charge in [-0.1, -0.05) is 91.0 Å². The number of carbonyl (C=O) groups excluding carboxylic acids is 1. The number of fused-ring (bicyclic) bond motifs is 2. The molecule has 2 bridgehead atoms. The Morgan fingerprint density at radius 1 is 0.800 bits per heavy atom. The van der Waals surface area contributed by atoms with E-state index in [0.29, 0.717) is 6.61 Å². The van der Waals surface area contributed by atoms with Crippen LogP contribution in [0, 0.1) is 0 Å². The van der Waals surface area contributed by atoms with Crippen LogP contribution in [0.5, 0.6) is 0 Å². The molecule has 0 saturated carbocycles. The average molecular weight is 396 g/mol. The summed E-state index contributed by atoms with van der Waals surface area (Å²) in [5.41, 5.74) is 6.07. The van der Waals surface area contributed by atoms with E-state index in [0.717, 1.165) is 24.8 Å². The van der Waals surface area contributed by atoms with Crippen LogP contribution in [0.25, 0.3) is 16.7 Å². The molecule has 0 aromatic heterocycles. The van der Waals surface area contributed by atoms with E-state index in [4.69, 9.17) is 4.74 Å². The van der Waals surface area contributed by atoms with Crippen molar-refractivity contribution in [3.8, 4) is 11.1 Å². The largest absolute Gasteiger partial charge is 0.445 e. The third-order valence-electron chi connectivity index (χ3n) is 6.17. The Morgan fingerprint density at radius 3 is 2.13 bits per heavy atom. The zero-order valence-corrected chi connectivity index (χ0v) is 16.9. The second-order valence-corrected chi connectivity index (χ2v) is 8.09. The van der Waals surface area contributed by atoms with Crippen LogP contribution >= 0.6 is 0 Å². The van der Waals surface area contributed by atoms with Crippen LogP contribution in [0.2, 0.25) is 0 Å². The highest BCUT2D eigenvalue weighted by atomic mass is 16.6. The fourth-order valence-corrected chi connectivity index (χ4v) is 4.63. The van der Waals surface area contributed by atoms with Crippen molar-refractivity contribution in [2.45, 2.75) is 38.0 Å². The molecule has 3 nitrogen and oxygen atoms in total. The van der Waals surface area contributed by atoms with Gasteiger partial charge >= 0.3 is 6.09 Å². The zero-order valence-electron chi connectivity index (χ0n) is 16.9. The number of ether oxygens (including phenoxy) is 1. The summed E-state index contributed by atoms with van der Waals surface area (Å²) in [5, 5.41) is 0. The molecular weight excluding hydrogens is 370 g/mol. The maximum absolute atomic E-state index is 12.8. The molecule has 0 N–H and O–H groups in total. The van der Waals surface area contributed by atoms with Gasteiger partial charge in [0.05, 0.1) is 6.04 Å². The Bertz CT molecular complexity index is 1040. The number of amides is 1. The van der Waals surface area contributed by atoms with Crippen LogP contribution in [-0.4, -0.2) is 23.1 Å². The van der Waals surface area contributed by atoms with Crippen LogP contribution < -0.4 is 0 Å². The highest BCUT2D eigenvalue weighted by Gasteiger charge is 2.40. The fourth-order valence-electron chi connectivity index (χ4n) is 4.63. The molecule has 0 aliphatic carbocycles.